The molecule has 0 radical (unpaired) electrons. The normalized spacial score (nSPS) is 20.2. The third-order valence-electron chi connectivity index (χ3n) is 3.61. The molecule has 19 heavy (non-hydrogen) atoms. The molecular weight excluding hydrogens is 326 g/mol. The van der Waals surface area contributed by atoms with Crippen molar-refractivity contribution in [2.24, 2.45) is 0 Å². The molecule has 0 N–H and O–H groups in total. The van der Waals surface area contributed by atoms with Crippen LogP contribution >= 0.6 is 27.5 Å². The highest BCUT2D eigenvalue weighted by Gasteiger charge is 2.25. The van der Waals surface area contributed by atoms with Gasteiger partial charge in [0, 0.05) is 28.5 Å². The van der Waals surface area contributed by atoms with E-state index in [4.69, 9.17) is 11.6 Å². The van der Waals surface area contributed by atoms with E-state index in [0.717, 1.165) is 30.3 Å². The number of carbonyl (C=O) groups is 1. The highest BCUT2D eigenvalue weighted by Crippen LogP contribution is 2.22. The van der Waals surface area contributed by atoms with Crippen LogP contribution in [0.1, 0.15) is 41.6 Å². The summed E-state index contributed by atoms with van der Waals surface area (Å²) in [5, 5.41) is 1.48. The Hall–Kier alpha value is -0.540. The first-order valence-electron chi connectivity index (χ1n) is 6.76. The van der Waals surface area contributed by atoms with Crippen molar-refractivity contribution in [3.8, 4) is 0 Å². The molecule has 1 aromatic rings. The van der Waals surface area contributed by atoms with E-state index in [9.17, 15) is 4.79 Å². The summed E-state index contributed by atoms with van der Waals surface area (Å²) in [6.45, 7) is 2.81. The number of rotatable bonds is 2. The van der Waals surface area contributed by atoms with Gasteiger partial charge in [-0.3, -0.25) is 4.79 Å². The third kappa shape index (κ3) is 3.73. The Morgan fingerprint density at radius 1 is 1.37 bits per heavy atom. The Bertz CT molecular complexity index is 443. The lowest BCUT2D eigenvalue weighted by Crippen LogP contribution is -2.41. The number of nitrogens with zero attached hydrogens (tertiary/aromatic N) is 1. The Balaban J connectivity index is 2.25. The van der Waals surface area contributed by atoms with E-state index >= 15 is 0 Å². The lowest BCUT2D eigenvalue weighted by Gasteiger charge is -2.29. The molecule has 1 amide bonds. The first-order valence-corrected chi connectivity index (χ1v) is 8.26. The summed E-state index contributed by atoms with van der Waals surface area (Å²) in [4.78, 5) is 14.7. The average Bonchev–Trinajstić information content (AvgIpc) is 2.61. The zero-order valence-corrected chi connectivity index (χ0v) is 13.5. The van der Waals surface area contributed by atoms with Gasteiger partial charge in [-0.2, -0.15) is 0 Å². The molecule has 1 saturated heterocycles. The molecule has 0 aliphatic carbocycles. The molecule has 1 atom stereocenters. The number of amides is 1. The Labute approximate surface area is 128 Å². The quantitative estimate of drug-likeness (QED) is 0.727. The van der Waals surface area contributed by atoms with Crippen LogP contribution in [0.15, 0.2) is 18.2 Å². The molecule has 0 spiro atoms. The Kier molecular flexibility index (Phi) is 5.28. The largest absolute Gasteiger partial charge is 0.335 e. The Morgan fingerprint density at radius 2 is 2.16 bits per heavy atom. The molecular formula is C15H19BrClNO. The van der Waals surface area contributed by atoms with Gasteiger partial charge in [-0.25, -0.2) is 0 Å². The van der Waals surface area contributed by atoms with Gasteiger partial charge < -0.3 is 4.90 Å². The molecule has 1 heterocycles. The SMILES string of the molecule is Cc1cc(Cl)cc(C(=O)N2CCCCCC2CBr)c1. The maximum absolute atomic E-state index is 12.7. The van der Waals surface area contributed by atoms with Crippen LogP contribution in [-0.2, 0) is 0 Å². The van der Waals surface area contributed by atoms with Crippen LogP contribution in [0.3, 0.4) is 0 Å². The number of likely N-dealkylation sites (tertiary alicyclic amines) is 1. The number of aryl methyl sites for hydroxylation is 1. The van der Waals surface area contributed by atoms with Crippen molar-refractivity contribution in [3.05, 3.63) is 34.3 Å². The fourth-order valence-electron chi connectivity index (χ4n) is 2.63. The van der Waals surface area contributed by atoms with Gasteiger partial charge in [0.05, 0.1) is 0 Å². The molecule has 1 aliphatic heterocycles. The van der Waals surface area contributed by atoms with Crippen LogP contribution in [-0.4, -0.2) is 28.7 Å². The molecule has 0 bridgehead atoms. The fourth-order valence-corrected chi connectivity index (χ4v) is 3.59. The van der Waals surface area contributed by atoms with Crippen molar-refractivity contribution in [2.45, 2.75) is 38.6 Å². The minimum atomic E-state index is 0.108. The van der Waals surface area contributed by atoms with Crippen molar-refractivity contribution >= 4 is 33.4 Å². The molecule has 1 fully saturated rings. The van der Waals surface area contributed by atoms with Crippen molar-refractivity contribution in [1.29, 1.82) is 0 Å². The number of benzene rings is 1. The van der Waals surface area contributed by atoms with E-state index in [1.807, 2.05) is 24.0 Å². The Morgan fingerprint density at radius 3 is 2.84 bits per heavy atom. The summed E-state index contributed by atoms with van der Waals surface area (Å²) in [5.41, 5.74) is 1.74. The summed E-state index contributed by atoms with van der Waals surface area (Å²) < 4.78 is 0. The van der Waals surface area contributed by atoms with Crippen molar-refractivity contribution < 1.29 is 4.79 Å². The van der Waals surface area contributed by atoms with Crippen LogP contribution in [0.4, 0.5) is 0 Å². The van der Waals surface area contributed by atoms with Crippen molar-refractivity contribution in [1.82, 2.24) is 4.90 Å². The maximum atomic E-state index is 12.7. The lowest BCUT2D eigenvalue weighted by molar-refractivity contribution is 0.0702. The van der Waals surface area contributed by atoms with Crippen LogP contribution in [0, 0.1) is 6.92 Å². The van der Waals surface area contributed by atoms with Crippen LogP contribution in [0.25, 0.3) is 0 Å². The number of hydrogen-bond acceptors (Lipinski definition) is 1. The topological polar surface area (TPSA) is 20.3 Å². The molecule has 4 heteroatoms. The summed E-state index contributed by atoms with van der Waals surface area (Å²) in [6.07, 6.45) is 4.59. The number of carbonyl (C=O) groups excluding carboxylic acids is 1. The van der Waals surface area contributed by atoms with Gasteiger partial charge in [0.2, 0.25) is 0 Å². The van der Waals surface area contributed by atoms with Crippen LogP contribution < -0.4 is 0 Å². The maximum Gasteiger partial charge on any atom is 0.254 e. The van der Waals surface area contributed by atoms with Crippen molar-refractivity contribution in [2.75, 3.05) is 11.9 Å². The minimum Gasteiger partial charge on any atom is -0.335 e. The third-order valence-corrected chi connectivity index (χ3v) is 4.57. The van der Waals surface area contributed by atoms with E-state index in [1.54, 1.807) is 6.07 Å². The second-order valence-electron chi connectivity index (χ2n) is 5.17. The van der Waals surface area contributed by atoms with Gasteiger partial charge in [0.15, 0.2) is 0 Å². The number of alkyl halides is 1. The molecule has 0 aromatic heterocycles. The van der Waals surface area contributed by atoms with Crippen molar-refractivity contribution in [3.63, 3.8) is 0 Å². The van der Waals surface area contributed by atoms with Gasteiger partial charge in [0.25, 0.3) is 5.91 Å². The summed E-state index contributed by atoms with van der Waals surface area (Å²) in [6, 6.07) is 5.87. The van der Waals surface area contributed by atoms with E-state index in [-0.39, 0.29) is 5.91 Å². The van der Waals surface area contributed by atoms with E-state index in [2.05, 4.69) is 15.9 Å². The standard InChI is InChI=1S/C15H19BrClNO/c1-11-7-12(9-13(17)8-11)15(19)18-6-4-2-3-5-14(18)10-16/h7-9,14H,2-6,10H2,1H3. The molecule has 104 valence electrons. The van der Waals surface area contributed by atoms with Gasteiger partial charge >= 0.3 is 0 Å². The summed E-state index contributed by atoms with van der Waals surface area (Å²) >= 11 is 9.59. The second-order valence-corrected chi connectivity index (χ2v) is 6.26. The molecule has 2 rings (SSSR count). The second kappa shape index (κ2) is 6.76. The summed E-state index contributed by atoms with van der Waals surface area (Å²) in [5.74, 6) is 0.108. The van der Waals surface area contributed by atoms with E-state index < -0.39 is 0 Å². The van der Waals surface area contributed by atoms with Crippen LogP contribution in [0.2, 0.25) is 5.02 Å². The first-order chi connectivity index (χ1) is 9.11. The highest BCUT2D eigenvalue weighted by molar-refractivity contribution is 9.09. The monoisotopic (exact) mass is 343 g/mol. The average molecular weight is 345 g/mol. The predicted octanol–water partition coefficient (Wildman–Crippen LogP) is 4.43. The highest BCUT2D eigenvalue weighted by atomic mass is 79.9. The number of hydrogen-bond donors (Lipinski definition) is 0. The van der Waals surface area contributed by atoms with Gasteiger partial charge in [-0.15, -0.1) is 0 Å². The molecule has 1 aliphatic rings. The molecule has 1 aromatic carbocycles. The fraction of sp³-hybridized carbons (Fsp3) is 0.533. The first kappa shape index (κ1) is 14.9. The zero-order valence-electron chi connectivity index (χ0n) is 11.2. The van der Waals surface area contributed by atoms with E-state index in [1.165, 1.54) is 12.8 Å². The zero-order chi connectivity index (χ0) is 13.8. The van der Waals surface area contributed by atoms with Gasteiger partial charge in [-0.1, -0.05) is 40.4 Å². The molecule has 0 saturated carbocycles. The summed E-state index contributed by atoms with van der Waals surface area (Å²) in [7, 11) is 0. The van der Waals surface area contributed by atoms with Gasteiger partial charge in [0.1, 0.15) is 0 Å². The predicted molar refractivity (Wildman–Crippen MR) is 83.3 cm³/mol. The van der Waals surface area contributed by atoms with Crippen LogP contribution in [0.5, 0.6) is 0 Å². The smallest absolute Gasteiger partial charge is 0.254 e. The molecule has 2 nitrogen and oxygen atoms in total. The minimum absolute atomic E-state index is 0.108. The number of halogens is 2. The molecule has 1 unspecified atom stereocenters. The van der Waals surface area contributed by atoms with E-state index in [0.29, 0.717) is 16.6 Å². The van der Waals surface area contributed by atoms with Gasteiger partial charge in [-0.05, 0) is 43.5 Å². The lowest BCUT2D eigenvalue weighted by atomic mass is 10.1.